The quantitative estimate of drug-likeness (QED) is 0.851. The number of nitrogens with zero attached hydrogens (tertiary/aromatic N) is 3. The van der Waals surface area contributed by atoms with Gasteiger partial charge in [0.1, 0.15) is 11.0 Å². The zero-order valence-electron chi connectivity index (χ0n) is 9.99. The van der Waals surface area contributed by atoms with Crippen LogP contribution in [0.25, 0.3) is 0 Å². The predicted molar refractivity (Wildman–Crippen MR) is 64.1 cm³/mol. The van der Waals surface area contributed by atoms with Gasteiger partial charge in [-0.1, -0.05) is 11.6 Å². The molecule has 0 unspecified atom stereocenters. The fourth-order valence-corrected chi connectivity index (χ4v) is 2.22. The Hall–Kier alpha value is -1.08. The van der Waals surface area contributed by atoms with Crippen LogP contribution in [0, 0.1) is 5.92 Å². The molecule has 0 amide bonds. The van der Waals surface area contributed by atoms with Crippen molar-refractivity contribution in [2.75, 3.05) is 24.6 Å². The summed E-state index contributed by atoms with van der Waals surface area (Å²) in [4.78, 5) is 8.45. The van der Waals surface area contributed by atoms with Crippen molar-refractivity contribution in [3.63, 3.8) is 0 Å². The molecule has 1 aliphatic rings. The Morgan fingerprint density at radius 2 is 1.95 bits per heavy atom. The molecular weight excluding hydrogens is 283 g/mol. The lowest BCUT2D eigenvalue weighted by molar-refractivity contribution is -0.144. The number of aromatic nitrogens is 2. The first-order valence-corrected chi connectivity index (χ1v) is 6.25. The molecule has 1 aromatic heterocycles. The Balaban J connectivity index is 2.19. The Morgan fingerprint density at radius 1 is 1.32 bits per heavy atom. The van der Waals surface area contributed by atoms with Gasteiger partial charge in [-0.15, -0.1) is 0 Å². The van der Waals surface area contributed by atoms with E-state index in [9.17, 15) is 13.2 Å². The van der Waals surface area contributed by atoms with Crippen LogP contribution in [-0.2, 0) is 6.18 Å². The maximum absolute atomic E-state index is 12.6. The van der Waals surface area contributed by atoms with Gasteiger partial charge in [0.15, 0.2) is 0 Å². The number of hydrogen-bond acceptors (Lipinski definition) is 4. The maximum Gasteiger partial charge on any atom is 0.451 e. The summed E-state index contributed by atoms with van der Waals surface area (Å²) in [6, 6.07) is 1.33. The Labute approximate surface area is 113 Å². The van der Waals surface area contributed by atoms with E-state index < -0.39 is 12.0 Å². The molecule has 1 aromatic rings. The van der Waals surface area contributed by atoms with Crippen molar-refractivity contribution in [3.05, 3.63) is 17.0 Å². The van der Waals surface area contributed by atoms with Crippen molar-refractivity contribution in [3.8, 4) is 0 Å². The first-order valence-electron chi connectivity index (χ1n) is 5.87. The summed E-state index contributed by atoms with van der Waals surface area (Å²) >= 11 is 5.61. The highest BCUT2D eigenvalue weighted by Gasteiger charge is 2.36. The summed E-state index contributed by atoms with van der Waals surface area (Å²) in [5, 5.41) is 8.81. The lowest BCUT2D eigenvalue weighted by atomic mass is 9.98. The van der Waals surface area contributed by atoms with E-state index >= 15 is 0 Å². The molecule has 0 aliphatic carbocycles. The van der Waals surface area contributed by atoms with Gasteiger partial charge < -0.3 is 10.0 Å². The molecule has 0 spiro atoms. The van der Waals surface area contributed by atoms with Crippen LogP contribution >= 0.6 is 11.6 Å². The number of hydrogen-bond donors (Lipinski definition) is 1. The van der Waals surface area contributed by atoms with Crippen molar-refractivity contribution < 1.29 is 18.3 Å². The monoisotopic (exact) mass is 295 g/mol. The second-order valence-corrected chi connectivity index (χ2v) is 4.87. The zero-order valence-corrected chi connectivity index (χ0v) is 10.7. The zero-order chi connectivity index (χ0) is 14.0. The molecular formula is C11H13ClF3N3O. The van der Waals surface area contributed by atoms with E-state index in [2.05, 4.69) is 9.97 Å². The Bertz CT molecular complexity index is 447. The molecule has 1 fully saturated rings. The second kappa shape index (κ2) is 5.50. The van der Waals surface area contributed by atoms with Crippen molar-refractivity contribution >= 4 is 17.4 Å². The molecule has 0 aromatic carbocycles. The van der Waals surface area contributed by atoms with Gasteiger partial charge in [0.2, 0.25) is 5.82 Å². The van der Waals surface area contributed by atoms with Crippen molar-refractivity contribution in [1.29, 1.82) is 0 Å². The summed E-state index contributed by atoms with van der Waals surface area (Å²) in [6.45, 7) is 1.21. The van der Waals surface area contributed by atoms with Crippen LogP contribution in [0.1, 0.15) is 18.7 Å². The molecule has 1 N–H and O–H groups in total. The largest absolute Gasteiger partial charge is 0.451 e. The third-order valence-electron chi connectivity index (χ3n) is 3.13. The lowest BCUT2D eigenvalue weighted by Gasteiger charge is -2.32. The highest BCUT2D eigenvalue weighted by molar-refractivity contribution is 6.29. The standard InChI is InChI=1S/C11H13ClF3N3O/c12-8-5-9(17-10(16-8)11(13,14)15)18-3-1-7(6-19)2-4-18/h5,7,19H,1-4,6H2. The summed E-state index contributed by atoms with van der Waals surface area (Å²) in [6.07, 6.45) is -3.16. The van der Waals surface area contributed by atoms with Crippen LogP contribution < -0.4 is 4.90 Å². The molecule has 0 radical (unpaired) electrons. The van der Waals surface area contributed by atoms with Gasteiger partial charge in [-0.05, 0) is 18.8 Å². The smallest absolute Gasteiger partial charge is 0.396 e. The van der Waals surface area contributed by atoms with Crippen LogP contribution in [0.15, 0.2) is 6.07 Å². The lowest BCUT2D eigenvalue weighted by Crippen LogP contribution is -2.35. The van der Waals surface area contributed by atoms with E-state index in [1.54, 1.807) is 4.90 Å². The van der Waals surface area contributed by atoms with E-state index in [-0.39, 0.29) is 23.5 Å². The fraction of sp³-hybridized carbons (Fsp3) is 0.636. The van der Waals surface area contributed by atoms with E-state index in [0.717, 1.165) is 12.8 Å². The molecule has 0 bridgehead atoms. The van der Waals surface area contributed by atoms with Gasteiger partial charge in [0.25, 0.3) is 0 Å². The molecule has 19 heavy (non-hydrogen) atoms. The molecule has 2 rings (SSSR count). The minimum atomic E-state index is -4.61. The topological polar surface area (TPSA) is 49.2 Å². The summed E-state index contributed by atoms with van der Waals surface area (Å²) in [5.41, 5.74) is 0. The highest BCUT2D eigenvalue weighted by atomic mass is 35.5. The molecule has 8 heteroatoms. The summed E-state index contributed by atoms with van der Waals surface area (Å²) in [7, 11) is 0. The van der Waals surface area contributed by atoms with E-state index in [1.807, 2.05) is 0 Å². The summed E-state index contributed by atoms with van der Waals surface area (Å²) in [5.74, 6) is -0.835. The first kappa shape index (κ1) is 14.3. The molecule has 4 nitrogen and oxygen atoms in total. The second-order valence-electron chi connectivity index (χ2n) is 4.48. The molecule has 1 saturated heterocycles. The number of halogens is 4. The Kier molecular flexibility index (Phi) is 4.15. The van der Waals surface area contributed by atoms with Crippen LogP contribution in [0.3, 0.4) is 0 Å². The highest BCUT2D eigenvalue weighted by Crippen LogP contribution is 2.30. The number of piperidine rings is 1. The van der Waals surface area contributed by atoms with Crippen LogP contribution in [0.5, 0.6) is 0 Å². The summed E-state index contributed by atoms with van der Waals surface area (Å²) < 4.78 is 37.8. The van der Waals surface area contributed by atoms with E-state index in [4.69, 9.17) is 16.7 Å². The van der Waals surface area contributed by atoms with E-state index in [0.29, 0.717) is 13.1 Å². The fourth-order valence-electron chi connectivity index (χ4n) is 2.04. The minimum absolute atomic E-state index is 0.103. The SMILES string of the molecule is OCC1CCN(c2cc(Cl)nc(C(F)(F)F)n2)CC1. The number of aliphatic hydroxyl groups is 1. The normalized spacial score (nSPS) is 17.8. The van der Waals surface area contributed by atoms with Gasteiger partial charge in [0.05, 0.1) is 0 Å². The van der Waals surface area contributed by atoms with Crippen LogP contribution in [0.2, 0.25) is 5.15 Å². The molecule has 1 aliphatic heterocycles. The molecule has 106 valence electrons. The number of aliphatic hydroxyl groups excluding tert-OH is 1. The van der Waals surface area contributed by atoms with Gasteiger partial charge in [0, 0.05) is 25.8 Å². The van der Waals surface area contributed by atoms with Crippen LogP contribution in [-0.4, -0.2) is 34.8 Å². The molecule has 0 saturated carbocycles. The van der Waals surface area contributed by atoms with Gasteiger partial charge in [-0.3, -0.25) is 0 Å². The van der Waals surface area contributed by atoms with Crippen molar-refractivity contribution in [2.45, 2.75) is 19.0 Å². The van der Waals surface area contributed by atoms with Gasteiger partial charge in [-0.2, -0.15) is 13.2 Å². The average molecular weight is 296 g/mol. The van der Waals surface area contributed by atoms with Crippen molar-refractivity contribution in [1.82, 2.24) is 9.97 Å². The van der Waals surface area contributed by atoms with E-state index in [1.165, 1.54) is 6.07 Å². The van der Waals surface area contributed by atoms with Crippen molar-refractivity contribution in [2.24, 2.45) is 5.92 Å². The average Bonchev–Trinajstić information content (AvgIpc) is 2.37. The number of alkyl halides is 3. The number of anilines is 1. The van der Waals surface area contributed by atoms with Crippen LogP contribution in [0.4, 0.5) is 19.0 Å². The predicted octanol–water partition coefficient (Wildman–Crippen LogP) is 2.36. The molecule has 0 atom stereocenters. The minimum Gasteiger partial charge on any atom is -0.396 e. The number of rotatable bonds is 2. The molecule has 2 heterocycles. The van der Waals surface area contributed by atoms with Gasteiger partial charge >= 0.3 is 6.18 Å². The Morgan fingerprint density at radius 3 is 2.47 bits per heavy atom. The third-order valence-corrected chi connectivity index (χ3v) is 3.33. The van der Waals surface area contributed by atoms with Gasteiger partial charge in [-0.25, -0.2) is 9.97 Å². The first-order chi connectivity index (χ1) is 8.90. The maximum atomic E-state index is 12.6. The third kappa shape index (κ3) is 3.48.